The van der Waals surface area contributed by atoms with E-state index in [0.29, 0.717) is 18.4 Å². The maximum Gasteiger partial charge on any atom is 2.00 e. The Hall–Kier alpha value is -6.02. The molecule has 8 amide bonds. The number of likely N-dealkylation sites (tertiary alicyclic amines) is 2. The number of amides is 8. The minimum Gasteiger partial charge on any atom is -1.00 e. The molecule has 372 valence electrons. The summed E-state index contributed by atoms with van der Waals surface area (Å²) < 4.78 is 0. The predicted molar refractivity (Wildman–Crippen MR) is 230 cm³/mol. The van der Waals surface area contributed by atoms with Crippen molar-refractivity contribution in [3.63, 3.8) is 0 Å². The first-order valence-corrected chi connectivity index (χ1v) is 21.2. The smallest absolute Gasteiger partial charge is 1.00 e. The van der Waals surface area contributed by atoms with Crippen LogP contribution in [0.25, 0.3) is 0 Å². The summed E-state index contributed by atoms with van der Waals surface area (Å²) in [5.74, 6) is -10.2. The van der Waals surface area contributed by atoms with Crippen LogP contribution in [0.5, 0.6) is 0 Å². The van der Waals surface area contributed by atoms with E-state index in [0.717, 1.165) is 4.90 Å². The Bertz CT molecular complexity index is 1970. The third kappa shape index (κ3) is 18.2. The monoisotopic (exact) mass is 1030 g/mol. The molecular formula is C40H60ClN12O14Zn+. The number of halogens is 1. The average molecular weight is 1030 g/mol. The normalized spacial score (nSPS) is 17.7. The number of rotatable bonds is 25. The van der Waals surface area contributed by atoms with Crippen molar-refractivity contribution in [1.82, 2.24) is 41.7 Å². The number of nitrogens with one attached hydrogen (secondary N) is 6. The van der Waals surface area contributed by atoms with Crippen LogP contribution < -0.4 is 61.5 Å². The van der Waals surface area contributed by atoms with Crippen molar-refractivity contribution < 1.29 is 100 Å². The van der Waals surface area contributed by atoms with E-state index in [2.05, 4.69) is 31.6 Å². The summed E-state index contributed by atoms with van der Waals surface area (Å²) in [4.78, 5) is 136. The zero-order chi connectivity index (χ0) is 49.1. The number of carbonyl (C=O) groups excluding carboxylic acids is 8. The second-order valence-electron chi connectivity index (χ2n) is 15.6. The van der Waals surface area contributed by atoms with Gasteiger partial charge in [0.2, 0.25) is 47.3 Å². The van der Waals surface area contributed by atoms with Gasteiger partial charge in [-0.05, 0) is 51.0 Å². The summed E-state index contributed by atoms with van der Waals surface area (Å²) >= 11 is 0. The zero-order valence-electron chi connectivity index (χ0n) is 37.4. The molecule has 2 heterocycles. The van der Waals surface area contributed by atoms with E-state index in [1.807, 2.05) is 5.32 Å². The Morgan fingerprint density at radius 1 is 0.706 bits per heavy atom. The fourth-order valence-corrected chi connectivity index (χ4v) is 7.33. The number of hydrogen-bond donors (Lipinski definition) is 13. The van der Waals surface area contributed by atoms with Gasteiger partial charge in [0.05, 0.1) is 26.2 Å². The summed E-state index contributed by atoms with van der Waals surface area (Å²) in [6.07, 6.45) is 0.0916. The van der Waals surface area contributed by atoms with Gasteiger partial charge in [-0.2, -0.15) is 0 Å². The van der Waals surface area contributed by atoms with Gasteiger partial charge in [-0.3, -0.25) is 48.1 Å². The first-order valence-electron chi connectivity index (χ1n) is 21.2. The van der Waals surface area contributed by atoms with Gasteiger partial charge in [0.1, 0.15) is 48.3 Å². The van der Waals surface area contributed by atoms with Gasteiger partial charge in [0.15, 0.2) is 5.96 Å². The van der Waals surface area contributed by atoms with Crippen molar-refractivity contribution in [2.45, 2.75) is 107 Å². The fraction of sp³-hybridized carbons (Fsp3) is 0.575. The number of aliphatic hydroxyl groups excluding tert-OH is 2. The number of carboxylic acid groups (broad SMARTS) is 2. The van der Waals surface area contributed by atoms with Gasteiger partial charge in [-0.25, -0.2) is 4.79 Å². The number of aliphatic hydroxyl groups is 2. The first-order chi connectivity index (χ1) is 31.3. The molecule has 68 heavy (non-hydrogen) atoms. The van der Waals surface area contributed by atoms with Crippen LogP contribution in [0.1, 0.15) is 57.4 Å². The van der Waals surface area contributed by atoms with Gasteiger partial charge >= 0.3 is 31.4 Å². The molecule has 2 fully saturated rings. The molecule has 0 bridgehead atoms. The molecule has 2 saturated heterocycles. The molecule has 2 aliphatic heterocycles. The Morgan fingerprint density at radius 2 is 1.21 bits per heavy atom. The quantitative estimate of drug-likeness (QED) is 0.0187. The molecule has 28 heteroatoms. The van der Waals surface area contributed by atoms with Crippen molar-refractivity contribution >= 4 is 65.2 Å². The molecule has 16 N–H and O–H groups in total. The molecule has 1 aromatic carbocycles. The van der Waals surface area contributed by atoms with Gasteiger partial charge in [0.25, 0.3) is 0 Å². The van der Waals surface area contributed by atoms with Crippen LogP contribution >= 0.6 is 0 Å². The van der Waals surface area contributed by atoms with Gasteiger partial charge in [-0.15, -0.1) is 0 Å². The Balaban J connectivity index is 0.0000116. The van der Waals surface area contributed by atoms with Crippen molar-refractivity contribution in [2.75, 3.05) is 39.4 Å². The molecule has 2 aliphatic rings. The number of guanidine groups is 1. The maximum absolute atomic E-state index is 14.1. The third-order valence-electron chi connectivity index (χ3n) is 10.7. The molecule has 0 radical (unpaired) electrons. The fourth-order valence-electron chi connectivity index (χ4n) is 7.33. The van der Waals surface area contributed by atoms with E-state index >= 15 is 0 Å². The molecule has 8 unspecified atom stereocenters. The van der Waals surface area contributed by atoms with E-state index in [4.69, 9.17) is 17.2 Å². The largest absolute Gasteiger partial charge is 2.00 e. The standard InChI is InChI=1S/C40H60N12O14.ClH.Zn/c1-21(38(64)52-15-7-12-29(52)37(63)48-25(17-31(56)57)34(60)50-27(20-54)39(65)66)45-32(58)23(10-5-13-44-40(42)43)46-33(59)24(16-22-8-3-2-4-9-22)47-35(61)26(19-53)49-36(62)28-11-6-14-51(28)30(55)18-41;;/h2-4,8-9,21,23-29,53-54H,5-7,10-20,41H2,1H3,(H,45,58)(H,46,59)(H,47,61)(H,48,63)(H,49,62)(H,50,60)(H,56,57)(H,65,66)(H4,42,43,44);1H;/q;;+2/p-1. The van der Waals surface area contributed by atoms with Crippen molar-refractivity contribution in [1.29, 1.82) is 0 Å². The summed E-state index contributed by atoms with van der Waals surface area (Å²) in [6.45, 7) is -0.621. The number of aliphatic carboxylic acids is 2. The number of benzene rings is 1. The van der Waals surface area contributed by atoms with Gasteiger partial charge in [0, 0.05) is 26.1 Å². The van der Waals surface area contributed by atoms with Gasteiger partial charge < -0.3 is 91.7 Å². The van der Waals surface area contributed by atoms with Crippen molar-refractivity contribution in [3.8, 4) is 0 Å². The molecule has 3 rings (SSSR count). The molecule has 26 nitrogen and oxygen atoms in total. The SMILES string of the molecule is CC(NC(=O)C(CCCN=C(N)N)NC(=O)C(Cc1ccccc1)NC(=O)C(CO)NC(=O)C1CCCN1C(=O)CN)C(=O)N1CCCC1C(=O)NC(CC(=O)O)C(=O)NC(CO)C(=O)O.[Cl-].[Zn+2]. The second kappa shape index (κ2) is 29.7. The van der Waals surface area contributed by atoms with Crippen LogP contribution in [0.3, 0.4) is 0 Å². The number of hydrogen-bond acceptors (Lipinski definition) is 14. The number of carboxylic acids is 2. The van der Waals surface area contributed by atoms with E-state index in [1.54, 1.807) is 30.3 Å². The zero-order valence-corrected chi connectivity index (χ0v) is 41.2. The molecule has 0 aromatic heterocycles. The molecule has 0 spiro atoms. The number of carbonyl (C=O) groups is 10. The maximum atomic E-state index is 14.1. The molecule has 1 aromatic rings. The first kappa shape index (κ1) is 60.0. The Kier molecular flexibility index (Phi) is 26.2. The summed E-state index contributed by atoms with van der Waals surface area (Å²) in [5.41, 5.74) is 17.0. The van der Waals surface area contributed by atoms with E-state index in [-0.39, 0.29) is 96.1 Å². The minimum atomic E-state index is -1.80. The van der Waals surface area contributed by atoms with E-state index < -0.39 is 127 Å². The number of nitrogens with two attached hydrogens (primary N) is 3. The predicted octanol–water partition coefficient (Wildman–Crippen LogP) is -9.30. The second-order valence-corrected chi connectivity index (χ2v) is 15.6. The summed E-state index contributed by atoms with van der Waals surface area (Å²) in [6, 6.07) is -3.02. The van der Waals surface area contributed by atoms with Crippen molar-refractivity contribution in [3.05, 3.63) is 35.9 Å². The van der Waals surface area contributed by atoms with Crippen LogP contribution in [0, 0.1) is 0 Å². The molecular weight excluding hydrogens is 973 g/mol. The number of nitrogens with zero attached hydrogens (tertiary/aromatic N) is 3. The van der Waals surface area contributed by atoms with Crippen LogP contribution in [-0.2, 0) is 73.8 Å². The molecule has 0 aliphatic carbocycles. The third-order valence-corrected chi connectivity index (χ3v) is 10.7. The Morgan fingerprint density at radius 3 is 1.75 bits per heavy atom. The summed E-state index contributed by atoms with van der Waals surface area (Å²) in [5, 5.41) is 52.3. The van der Waals surface area contributed by atoms with Crippen LogP contribution in [0.2, 0.25) is 0 Å². The topological polar surface area (TPSA) is 421 Å². The number of aliphatic imine (C=N–C) groups is 1. The van der Waals surface area contributed by atoms with Crippen molar-refractivity contribution in [2.24, 2.45) is 22.2 Å². The Labute approximate surface area is 409 Å². The van der Waals surface area contributed by atoms with Crippen LogP contribution in [0.4, 0.5) is 0 Å². The molecule has 8 atom stereocenters. The van der Waals surface area contributed by atoms with E-state index in [1.165, 1.54) is 11.8 Å². The minimum absolute atomic E-state index is 0. The van der Waals surface area contributed by atoms with Gasteiger partial charge in [-0.1, -0.05) is 30.3 Å². The van der Waals surface area contributed by atoms with Crippen LogP contribution in [0.15, 0.2) is 35.3 Å². The van der Waals surface area contributed by atoms with Crippen LogP contribution in [-0.4, -0.2) is 183 Å². The average Bonchev–Trinajstić information content (AvgIpc) is 3.98. The summed E-state index contributed by atoms with van der Waals surface area (Å²) in [7, 11) is 0. The van der Waals surface area contributed by atoms with E-state index in [9.17, 15) is 68.4 Å². The molecule has 0 saturated carbocycles.